The Morgan fingerprint density at radius 3 is 2.29 bits per heavy atom. The second-order valence-corrected chi connectivity index (χ2v) is 2.39. The van der Waals surface area contributed by atoms with E-state index in [4.69, 9.17) is 4.74 Å². The Hall–Kier alpha value is -1.24. The van der Waals surface area contributed by atoms with Gasteiger partial charge in [-0.2, -0.15) is 0 Å². The molecule has 0 spiro atoms. The quantitative estimate of drug-likeness (QED) is 0.473. The molecule has 2 nitrogen and oxygen atoms in total. The van der Waals surface area contributed by atoms with Gasteiger partial charge in [0.1, 0.15) is 5.32 Å². The molecule has 0 fully saturated rings. The summed E-state index contributed by atoms with van der Waals surface area (Å²) < 4.78 is 44.1. The van der Waals surface area contributed by atoms with Crippen LogP contribution in [0.1, 0.15) is 0 Å². The normalized spacial score (nSPS) is 13.7. The van der Waals surface area contributed by atoms with Crippen LogP contribution in [0.4, 0.5) is 23.0 Å². The van der Waals surface area contributed by atoms with Crippen molar-refractivity contribution >= 4 is 12.9 Å². The highest BCUT2D eigenvalue weighted by Crippen LogP contribution is 2.27. The molecular formula is C7H6BF4NO. The zero-order valence-corrected chi connectivity index (χ0v) is 6.96. The Labute approximate surface area is 78.0 Å². The minimum Gasteiger partial charge on any atom is -0.428 e. The summed E-state index contributed by atoms with van der Waals surface area (Å²) in [5.41, 5.74) is 0.970. The molecule has 0 amide bonds. The van der Waals surface area contributed by atoms with Crippen LogP contribution in [-0.4, -0.2) is 14.0 Å². The van der Waals surface area contributed by atoms with Crippen molar-refractivity contribution in [3.63, 3.8) is 0 Å². The molecule has 0 bridgehead atoms. The number of para-hydroxylation sites is 2. The molecule has 0 atom stereocenters. The van der Waals surface area contributed by atoms with E-state index in [9.17, 15) is 17.3 Å². The van der Waals surface area contributed by atoms with Crippen LogP contribution >= 0.6 is 0 Å². The minimum absolute atomic E-state index is 0.485. The molecule has 1 aliphatic rings. The Kier molecular flexibility index (Phi) is 3.35. The van der Waals surface area contributed by atoms with E-state index in [0.717, 1.165) is 11.4 Å². The van der Waals surface area contributed by atoms with E-state index in [-0.39, 0.29) is 0 Å². The molecule has 1 heterocycles. The molecule has 2 radical (unpaired) electrons. The van der Waals surface area contributed by atoms with E-state index < -0.39 is 7.25 Å². The summed E-state index contributed by atoms with van der Waals surface area (Å²) in [7, 11) is -6.00. The van der Waals surface area contributed by atoms with Crippen LogP contribution in [0.25, 0.3) is 0 Å². The Morgan fingerprint density at radius 1 is 1.14 bits per heavy atom. The molecule has 14 heavy (non-hydrogen) atoms. The van der Waals surface area contributed by atoms with Crippen LogP contribution in [0.15, 0.2) is 24.3 Å². The Morgan fingerprint density at radius 2 is 1.71 bits per heavy atom. The summed E-state index contributed by atoms with van der Waals surface area (Å²) in [5, 5.41) is 4.08. The number of ether oxygens (including phenoxy) is 1. The van der Waals surface area contributed by atoms with Crippen molar-refractivity contribution in [3.05, 3.63) is 24.3 Å². The van der Waals surface area contributed by atoms with Crippen molar-refractivity contribution in [2.45, 2.75) is 0 Å². The number of halogens is 4. The van der Waals surface area contributed by atoms with Crippen molar-refractivity contribution in [1.29, 1.82) is 0 Å². The van der Waals surface area contributed by atoms with Crippen LogP contribution in [-0.2, 0) is 0 Å². The molecule has 0 aliphatic carbocycles. The van der Waals surface area contributed by atoms with E-state index >= 15 is 0 Å². The highest BCUT2D eigenvalue weighted by atomic mass is 19.5. The van der Waals surface area contributed by atoms with Crippen LogP contribution in [0.3, 0.4) is 0 Å². The molecule has 1 aromatic rings. The molecule has 0 aromatic heterocycles. The summed E-state index contributed by atoms with van der Waals surface area (Å²) in [5.74, 6) is 0.900. The maximum Gasteiger partial charge on any atom is 0.673 e. The largest absolute Gasteiger partial charge is 0.673 e. The lowest BCUT2D eigenvalue weighted by Gasteiger charge is -1.94. The van der Waals surface area contributed by atoms with Gasteiger partial charge in [-0.15, -0.1) is 0 Å². The van der Waals surface area contributed by atoms with Crippen molar-refractivity contribution < 1.29 is 22.0 Å². The lowest BCUT2D eigenvalue weighted by atomic mass is 10.3. The first-order valence-corrected chi connectivity index (χ1v) is 3.73. The third kappa shape index (κ3) is 4.13. The number of hydrogen-bond donors (Lipinski definition) is 0. The fraction of sp³-hybridized carbons (Fsp3) is 0.143. The molecule has 76 valence electrons. The van der Waals surface area contributed by atoms with Crippen molar-refractivity contribution in [1.82, 2.24) is 5.32 Å². The van der Waals surface area contributed by atoms with Gasteiger partial charge in [-0.25, -0.2) is 0 Å². The van der Waals surface area contributed by atoms with Crippen LogP contribution in [0.5, 0.6) is 5.75 Å². The molecular weight excluding hydrogens is 201 g/mol. The molecule has 7 heteroatoms. The predicted octanol–water partition coefficient (Wildman–Crippen LogP) is 2.57. The second kappa shape index (κ2) is 4.32. The number of hydrogen-bond acceptors (Lipinski definition) is 1. The summed E-state index contributed by atoms with van der Waals surface area (Å²) in [4.78, 5) is 0. The van der Waals surface area contributed by atoms with E-state index in [1.54, 1.807) is 0 Å². The van der Waals surface area contributed by atoms with E-state index in [1.165, 1.54) is 0 Å². The van der Waals surface area contributed by atoms with Gasteiger partial charge in [0, 0.05) is 6.07 Å². The van der Waals surface area contributed by atoms with E-state index in [1.807, 2.05) is 24.3 Å². The van der Waals surface area contributed by atoms with E-state index in [0.29, 0.717) is 6.73 Å². The topological polar surface area (TPSA) is 23.3 Å². The number of nitrogens with zero attached hydrogens (tertiary/aromatic N) is 1. The lowest BCUT2D eigenvalue weighted by Crippen LogP contribution is -2.02. The number of rotatable bonds is 0. The fourth-order valence-corrected chi connectivity index (χ4v) is 0.881. The van der Waals surface area contributed by atoms with E-state index in [2.05, 4.69) is 5.32 Å². The second-order valence-electron chi connectivity index (χ2n) is 2.39. The number of benzene rings is 1. The zero-order valence-electron chi connectivity index (χ0n) is 6.96. The summed E-state index contributed by atoms with van der Waals surface area (Å²) in [6.07, 6.45) is 0. The molecule has 2 rings (SSSR count). The predicted molar refractivity (Wildman–Crippen MR) is 43.9 cm³/mol. The van der Waals surface area contributed by atoms with Crippen LogP contribution < -0.4 is 10.1 Å². The van der Waals surface area contributed by atoms with Gasteiger partial charge in [-0.05, 0) is 6.07 Å². The molecule has 1 aliphatic heterocycles. The smallest absolute Gasteiger partial charge is 0.428 e. The lowest BCUT2D eigenvalue weighted by molar-refractivity contribution is 0.338. The SMILES string of the molecule is F[B-](F)(F)F.c1ccc2c(c1)[N+]CO2. The van der Waals surface area contributed by atoms with Gasteiger partial charge in [0.25, 0.3) is 5.69 Å². The summed E-state index contributed by atoms with van der Waals surface area (Å²) in [6, 6.07) is 7.77. The van der Waals surface area contributed by atoms with Crippen molar-refractivity contribution in [2.24, 2.45) is 0 Å². The standard InChI is InChI=1S/C7H6NO.BF4/c1-2-4-7-6(3-1)8-5-9-7;2-1(3,4)5/h1-4H,5H2;/q+1;-1. The summed E-state index contributed by atoms with van der Waals surface area (Å²) in [6.45, 7) is 0.485. The maximum atomic E-state index is 9.75. The van der Waals surface area contributed by atoms with Crippen LogP contribution in [0, 0.1) is 0 Å². The molecule has 0 unspecified atom stereocenters. The van der Waals surface area contributed by atoms with Gasteiger partial charge >= 0.3 is 14.0 Å². The minimum atomic E-state index is -6.00. The first-order valence-electron chi connectivity index (χ1n) is 3.73. The first-order chi connectivity index (χ1) is 6.47. The average Bonchev–Trinajstić information content (AvgIpc) is 2.47. The monoisotopic (exact) mass is 207 g/mol. The molecule has 0 saturated heterocycles. The molecule has 0 N–H and O–H groups in total. The fourth-order valence-electron chi connectivity index (χ4n) is 0.881. The highest BCUT2D eigenvalue weighted by molar-refractivity contribution is 6.50. The van der Waals surface area contributed by atoms with Crippen molar-refractivity contribution in [3.8, 4) is 5.75 Å². The Bertz CT molecular complexity index is 275. The van der Waals surface area contributed by atoms with Gasteiger partial charge in [0.05, 0.1) is 0 Å². The third-order valence-electron chi connectivity index (χ3n) is 1.32. The zero-order chi connectivity index (χ0) is 10.6. The van der Waals surface area contributed by atoms with Gasteiger partial charge in [0.2, 0.25) is 0 Å². The first kappa shape index (κ1) is 10.8. The van der Waals surface area contributed by atoms with Gasteiger partial charge in [-0.3, -0.25) is 0 Å². The van der Waals surface area contributed by atoms with Gasteiger partial charge in [-0.1, -0.05) is 12.1 Å². The Balaban J connectivity index is 0.000000171. The highest BCUT2D eigenvalue weighted by Gasteiger charge is 2.23. The van der Waals surface area contributed by atoms with Crippen molar-refractivity contribution in [2.75, 3.05) is 6.73 Å². The van der Waals surface area contributed by atoms with Crippen LogP contribution in [0.2, 0.25) is 0 Å². The van der Waals surface area contributed by atoms with Gasteiger partial charge < -0.3 is 22.0 Å². The average molecular weight is 207 g/mol. The number of fused-ring (bicyclic) bond motifs is 1. The van der Waals surface area contributed by atoms with Gasteiger partial charge in [0.15, 0.2) is 5.75 Å². The maximum absolute atomic E-state index is 9.75. The third-order valence-corrected chi connectivity index (χ3v) is 1.32. The molecule has 1 aromatic carbocycles. The molecule has 0 saturated carbocycles. The summed E-state index contributed by atoms with van der Waals surface area (Å²) >= 11 is 0.